The van der Waals surface area contributed by atoms with Crippen LogP contribution in [-0.2, 0) is 16.1 Å². The molecular formula is C26H33N5O2. The van der Waals surface area contributed by atoms with Crippen molar-refractivity contribution in [3.63, 3.8) is 0 Å². The van der Waals surface area contributed by atoms with Gasteiger partial charge in [-0.1, -0.05) is 25.1 Å². The Labute approximate surface area is 196 Å². The summed E-state index contributed by atoms with van der Waals surface area (Å²) < 4.78 is 2.21. The topological polar surface area (TPSA) is 90.2 Å². The van der Waals surface area contributed by atoms with Crippen molar-refractivity contribution in [1.82, 2.24) is 14.8 Å². The SMILES string of the molecule is CCCn1c(C)cc(/C=C(/C#N)C(=O)NC2CCN(CC(=O)Nc3ccccc3)CC2)c1C. The Kier molecular flexibility index (Phi) is 8.45. The fourth-order valence-corrected chi connectivity index (χ4v) is 4.27. The second-order valence-electron chi connectivity index (χ2n) is 8.59. The fourth-order valence-electron chi connectivity index (χ4n) is 4.27. The quantitative estimate of drug-likeness (QED) is 0.478. The molecule has 2 N–H and O–H groups in total. The Morgan fingerprint density at radius 3 is 2.52 bits per heavy atom. The van der Waals surface area contributed by atoms with Crippen LogP contribution < -0.4 is 10.6 Å². The van der Waals surface area contributed by atoms with Gasteiger partial charge in [0.25, 0.3) is 5.91 Å². The number of likely N-dealkylation sites (tertiary alicyclic amines) is 1. The number of carbonyl (C=O) groups excluding carboxylic acids is 2. The first kappa shape index (κ1) is 24.3. The lowest BCUT2D eigenvalue weighted by Gasteiger charge is -2.31. The Balaban J connectivity index is 1.52. The normalized spacial score (nSPS) is 15.2. The molecule has 1 aromatic carbocycles. The Bertz CT molecular complexity index is 1040. The van der Waals surface area contributed by atoms with Gasteiger partial charge < -0.3 is 15.2 Å². The highest BCUT2D eigenvalue weighted by molar-refractivity contribution is 6.02. The van der Waals surface area contributed by atoms with Crippen molar-refractivity contribution < 1.29 is 9.59 Å². The zero-order valence-corrected chi connectivity index (χ0v) is 19.7. The van der Waals surface area contributed by atoms with Gasteiger partial charge in [-0.3, -0.25) is 14.5 Å². The predicted octanol–water partition coefficient (Wildman–Crippen LogP) is 3.64. The van der Waals surface area contributed by atoms with Gasteiger partial charge in [-0.05, 0) is 62.9 Å². The molecule has 7 nitrogen and oxygen atoms in total. The van der Waals surface area contributed by atoms with Crippen molar-refractivity contribution in [2.75, 3.05) is 25.0 Å². The number of benzene rings is 1. The number of anilines is 1. The van der Waals surface area contributed by atoms with Gasteiger partial charge in [0.2, 0.25) is 5.91 Å². The zero-order valence-electron chi connectivity index (χ0n) is 19.7. The minimum absolute atomic E-state index is 0.00444. The lowest BCUT2D eigenvalue weighted by molar-refractivity contribution is -0.119. The van der Waals surface area contributed by atoms with Crippen LogP contribution in [-0.4, -0.2) is 47.0 Å². The third-order valence-corrected chi connectivity index (χ3v) is 6.07. The van der Waals surface area contributed by atoms with E-state index in [0.29, 0.717) is 6.54 Å². The van der Waals surface area contributed by atoms with Gasteiger partial charge in [0.05, 0.1) is 6.54 Å². The number of rotatable bonds is 8. The molecule has 1 aromatic heterocycles. The molecule has 0 atom stereocenters. The molecule has 3 rings (SSSR count). The number of hydrogen-bond acceptors (Lipinski definition) is 4. The van der Waals surface area contributed by atoms with Crippen LogP contribution in [0.3, 0.4) is 0 Å². The van der Waals surface area contributed by atoms with E-state index in [1.165, 1.54) is 0 Å². The van der Waals surface area contributed by atoms with Crippen molar-refractivity contribution in [3.8, 4) is 6.07 Å². The number of nitriles is 1. The maximum atomic E-state index is 12.8. The van der Waals surface area contributed by atoms with Crippen LogP contribution in [0.15, 0.2) is 42.0 Å². The largest absolute Gasteiger partial charge is 0.349 e. The standard InChI is InChI=1S/C26H33N5O2/c1-4-12-31-19(2)15-21(20(31)3)16-22(17-27)26(33)29-24-10-13-30(14-11-24)18-25(32)28-23-8-6-5-7-9-23/h5-9,15-16,24H,4,10-14,18H2,1-3H3,(H,28,32)(H,29,33)/b22-16-. The van der Waals surface area contributed by atoms with E-state index in [1.807, 2.05) is 50.2 Å². The van der Waals surface area contributed by atoms with E-state index in [9.17, 15) is 14.9 Å². The number of aryl methyl sites for hydroxylation is 1. The minimum Gasteiger partial charge on any atom is -0.349 e. The average Bonchev–Trinajstić information content (AvgIpc) is 3.07. The van der Waals surface area contributed by atoms with Gasteiger partial charge in [0, 0.05) is 42.8 Å². The van der Waals surface area contributed by atoms with Crippen molar-refractivity contribution >= 4 is 23.6 Å². The van der Waals surface area contributed by atoms with Gasteiger partial charge in [-0.15, -0.1) is 0 Å². The summed E-state index contributed by atoms with van der Waals surface area (Å²) in [6.07, 6.45) is 4.20. The molecule has 2 heterocycles. The molecule has 7 heteroatoms. The van der Waals surface area contributed by atoms with E-state index in [-0.39, 0.29) is 23.4 Å². The molecular weight excluding hydrogens is 414 g/mol. The van der Waals surface area contributed by atoms with Crippen molar-refractivity contribution in [1.29, 1.82) is 5.26 Å². The first-order valence-corrected chi connectivity index (χ1v) is 11.6. The molecule has 0 radical (unpaired) electrons. The summed E-state index contributed by atoms with van der Waals surface area (Å²) in [6, 6.07) is 13.5. The highest BCUT2D eigenvalue weighted by atomic mass is 16.2. The number of piperidine rings is 1. The number of para-hydroxylation sites is 1. The zero-order chi connectivity index (χ0) is 23.8. The van der Waals surface area contributed by atoms with E-state index in [1.54, 1.807) is 6.08 Å². The predicted molar refractivity (Wildman–Crippen MR) is 130 cm³/mol. The summed E-state index contributed by atoms with van der Waals surface area (Å²) in [6.45, 7) is 8.87. The molecule has 2 amide bonds. The summed E-state index contributed by atoms with van der Waals surface area (Å²) in [7, 11) is 0. The number of amides is 2. The molecule has 0 bridgehead atoms. The summed E-state index contributed by atoms with van der Waals surface area (Å²) in [5, 5.41) is 15.5. The van der Waals surface area contributed by atoms with Crippen LogP contribution in [0.5, 0.6) is 0 Å². The number of carbonyl (C=O) groups is 2. The summed E-state index contributed by atoms with van der Waals surface area (Å²) in [5.41, 5.74) is 4.01. The number of aromatic nitrogens is 1. The molecule has 1 aliphatic rings. The van der Waals surface area contributed by atoms with Gasteiger partial charge in [0.1, 0.15) is 11.6 Å². The van der Waals surface area contributed by atoms with Crippen molar-refractivity contribution in [2.45, 2.75) is 52.6 Å². The Hall–Kier alpha value is -3.37. The number of nitrogens with zero attached hydrogens (tertiary/aromatic N) is 3. The molecule has 1 fully saturated rings. The molecule has 1 saturated heterocycles. The molecule has 0 unspecified atom stereocenters. The molecule has 33 heavy (non-hydrogen) atoms. The van der Waals surface area contributed by atoms with Crippen LogP contribution in [0.4, 0.5) is 5.69 Å². The van der Waals surface area contributed by atoms with Crippen LogP contribution in [0, 0.1) is 25.2 Å². The van der Waals surface area contributed by atoms with Crippen LogP contribution in [0.25, 0.3) is 6.08 Å². The van der Waals surface area contributed by atoms with E-state index in [4.69, 9.17) is 0 Å². The van der Waals surface area contributed by atoms with Crippen molar-refractivity contribution in [2.24, 2.45) is 0 Å². The van der Waals surface area contributed by atoms with Crippen molar-refractivity contribution in [3.05, 3.63) is 58.9 Å². The fraction of sp³-hybridized carbons (Fsp3) is 0.423. The summed E-state index contributed by atoms with van der Waals surface area (Å²) in [4.78, 5) is 27.1. The van der Waals surface area contributed by atoms with Gasteiger partial charge >= 0.3 is 0 Å². The molecule has 0 saturated carbocycles. The van der Waals surface area contributed by atoms with Gasteiger partial charge in [-0.2, -0.15) is 5.26 Å². The van der Waals surface area contributed by atoms with E-state index in [0.717, 1.165) is 61.5 Å². The lowest BCUT2D eigenvalue weighted by Crippen LogP contribution is -2.46. The monoisotopic (exact) mass is 447 g/mol. The second-order valence-corrected chi connectivity index (χ2v) is 8.59. The third kappa shape index (κ3) is 6.56. The molecule has 0 spiro atoms. The van der Waals surface area contributed by atoms with E-state index >= 15 is 0 Å². The van der Waals surface area contributed by atoms with Gasteiger partial charge in [0.15, 0.2) is 0 Å². The first-order chi connectivity index (χ1) is 15.9. The lowest BCUT2D eigenvalue weighted by atomic mass is 10.0. The molecule has 174 valence electrons. The maximum Gasteiger partial charge on any atom is 0.262 e. The number of nitrogens with one attached hydrogen (secondary N) is 2. The average molecular weight is 448 g/mol. The second kappa shape index (κ2) is 11.5. The molecule has 1 aliphatic heterocycles. The van der Waals surface area contributed by atoms with E-state index in [2.05, 4.69) is 33.1 Å². The summed E-state index contributed by atoms with van der Waals surface area (Å²) in [5.74, 6) is -0.378. The van der Waals surface area contributed by atoms with Crippen LogP contribution in [0.2, 0.25) is 0 Å². The van der Waals surface area contributed by atoms with Crippen LogP contribution in [0.1, 0.15) is 43.1 Å². The highest BCUT2D eigenvalue weighted by Gasteiger charge is 2.23. The summed E-state index contributed by atoms with van der Waals surface area (Å²) >= 11 is 0. The number of hydrogen-bond donors (Lipinski definition) is 2. The first-order valence-electron chi connectivity index (χ1n) is 11.6. The minimum atomic E-state index is -0.335. The Morgan fingerprint density at radius 1 is 1.18 bits per heavy atom. The van der Waals surface area contributed by atoms with Gasteiger partial charge in [-0.25, -0.2) is 0 Å². The van der Waals surface area contributed by atoms with Crippen LogP contribution >= 0.6 is 0 Å². The smallest absolute Gasteiger partial charge is 0.262 e. The third-order valence-electron chi connectivity index (χ3n) is 6.07. The highest BCUT2D eigenvalue weighted by Crippen LogP contribution is 2.19. The maximum absolute atomic E-state index is 12.8. The molecule has 0 aliphatic carbocycles. The Morgan fingerprint density at radius 2 is 1.88 bits per heavy atom. The van der Waals surface area contributed by atoms with E-state index < -0.39 is 0 Å². The molecule has 2 aromatic rings.